The third-order valence-corrected chi connectivity index (χ3v) is 4.54. The molecule has 0 amide bonds. The summed E-state index contributed by atoms with van der Waals surface area (Å²) < 4.78 is 9.89. The van der Waals surface area contributed by atoms with Crippen LogP contribution in [0, 0.1) is 13.8 Å². The van der Waals surface area contributed by atoms with Gasteiger partial charge < -0.3 is 29.5 Å². The molecule has 2 aliphatic heterocycles. The Morgan fingerprint density at radius 1 is 0.606 bits per heavy atom. The van der Waals surface area contributed by atoms with Crippen molar-refractivity contribution in [3.8, 4) is 0 Å². The van der Waals surface area contributed by atoms with Gasteiger partial charge in [-0.05, 0) is 39.5 Å². The molecule has 0 bridgehead atoms. The Balaban J connectivity index is -0.000000368. The topological polar surface area (TPSA) is 46.7 Å². The summed E-state index contributed by atoms with van der Waals surface area (Å²) >= 11 is 0. The van der Waals surface area contributed by atoms with Crippen LogP contribution in [0.2, 0.25) is 0 Å². The molecular weight excluding hydrogens is 589 g/mol. The maximum atomic E-state index is 4.94. The van der Waals surface area contributed by atoms with Crippen LogP contribution in [0.3, 0.4) is 0 Å². The standard InChI is InChI=1S/2C9H12N.2C4H8O.2FH.Hf/c2*1-3-10-9-7-5-4-6-8(9)2;2*1-2-4-5-3-1;;;/h2*4-7H,3H2,1-2H3;2*1-4H2;2*1H;/q2*-1;;;;;+4/p-2. The molecule has 184 valence electrons. The van der Waals surface area contributed by atoms with Gasteiger partial charge in [0.15, 0.2) is 0 Å². The first-order chi connectivity index (χ1) is 14.7. The molecule has 2 aliphatic rings. The van der Waals surface area contributed by atoms with E-state index in [-0.39, 0.29) is 35.3 Å². The summed E-state index contributed by atoms with van der Waals surface area (Å²) in [6.07, 6.45) is 5.11. The van der Waals surface area contributed by atoms with Crippen LogP contribution >= 0.6 is 0 Å². The molecule has 0 aromatic heterocycles. The Hall–Kier alpha value is -1.31. The Bertz CT molecular complexity index is 598. The monoisotopic (exact) mass is 630 g/mol. The van der Waals surface area contributed by atoms with Gasteiger partial charge in [0.25, 0.3) is 0 Å². The Morgan fingerprint density at radius 2 is 0.909 bits per heavy atom. The minimum atomic E-state index is 0. The van der Waals surface area contributed by atoms with E-state index in [1.165, 1.54) is 36.8 Å². The number of nitrogens with zero attached hydrogens (tertiary/aromatic N) is 2. The molecule has 2 aromatic carbocycles. The van der Waals surface area contributed by atoms with Gasteiger partial charge in [-0.3, -0.25) is 0 Å². The second kappa shape index (κ2) is 25.3. The third-order valence-electron chi connectivity index (χ3n) is 4.54. The number of ether oxygens (including phenoxy) is 2. The van der Waals surface area contributed by atoms with E-state index in [1.807, 2.05) is 50.2 Å². The zero-order valence-electron chi connectivity index (χ0n) is 20.7. The van der Waals surface area contributed by atoms with Crippen molar-refractivity contribution in [2.24, 2.45) is 0 Å². The number of hydrogen-bond acceptors (Lipinski definition) is 2. The molecule has 0 unspecified atom stereocenters. The number of halogens is 2. The van der Waals surface area contributed by atoms with E-state index in [9.17, 15) is 0 Å². The normalized spacial score (nSPS) is 13.0. The van der Waals surface area contributed by atoms with Gasteiger partial charge in [0.1, 0.15) is 0 Å². The van der Waals surface area contributed by atoms with E-state index in [2.05, 4.69) is 36.6 Å². The predicted molar refractivity (Wildman–Crippen MR) is 130 cm³/mol. The van der Waals surface area contributed by atoms with E-state index in [0.717, 1.165) is 50.9 Å². The van der Waals surface area contributed by atoms with Crippen molar-refractivity contribution in [1.82, 2.24) is 0 Å². The van der Waals surface area contributed by atoms with Crippen molar-refractivity contribution < 1.29 is 44.7 Å². The van der Waals surface area contributed by atoms with Crippen molar-refractivity contribution in [3.05, 3.63) is 70.3 Å². The van der Waals surface area contributed by atoms with Gasteiger partial charge >= 0.3 is 25.8 Å². The molecule has 7 heteroatoms. The largest absolute Gasteiger partial charge is 4.00 e. The number of hydrogen-bond donors (Lipinski definition) is 0. The second-order valence-corrected chi connectivity index (χ2v) is 7.16. The Morgan fingerprint density at radius 3 is 1.12 bits per heavy atom. The summed E-state index contributed by atoms with van der Waals surface area (Å²) in [6, 6.07) is 16.3. The summed E-state index contributed by atoms with van der Waals surface area (Å²) in [7, 11) is 0. The van der Waals surface area contributed by atoms with Crippen LogP contribution < -0.4 is 9.41 Å². The predicted octanol–water partition coefficient (Wildman–Crippen LogP) is 1.64. The fourth-order valence-corrected chi connectivity index (χ4v) is 2.84. The summed E-state index contributed by atoms with van der Waals surface area (Å²) in [5, 5.41) is 8.61. The molecule has 0 atom stereocenters. The smallest absolute Gasteiger partial charge is 1.00 e. The molecule has 4 nitrogen and oxygen atoms in total. The van der Waals surface area contributed by atoms with Gasteiger partial charge in [-0.1, -0.05) is 73.5 Å². The quantitative estimate of drug-likeness (QED) is 0.484. The fraction of sp³-hybridized carbons (Fsp3) is 0.538. The molecule has 0 radical (unpaired) electrons. The fourth-order valence-electron chi connectivity index (χ4n) is 2.84. The first kappa shape index (κ1) is 36.3. The van der Waals surface area contributed by atoms with Crippen molar-refractivity contribution in [3.63, 3.8) is 0 Å². The summed E-state index contributed by atoms with van der Waals surface area (Å²) in [4.78, 5) is 0. The molecule has 33 heavy (non-hydrogen) atoms. The molecule has 0 spiro atoms. The molecule has 2 aromatic rings. The first-order valence-electron chi connectivity index (χ1n) is 11.3. The summed E-state index contributed by atoms with van der Waals surface area (Å²) in [5.41, 5.74) is 4.74. The van der Waals surface area contributed by atoms with Gasteiger partial charge in [0.2, 0.25) is 0 Å². The molecule has 2 saturated heterocycles. The van der Waals surface area contributed by atoms with Crippen LogP contribution in [0.1, 0.15) is 50.7 Å². The first-order valence-corrected chi connectivity index (χ1v) is 11.3. The molecule has 0 aliphatic carbocycles. The van der Waals surface area contributed by atoms with Crippen LogP contribution in [0.15, 0.2) is 48.5 Å². The number of rotatable bonds is 4. The van der Waals surface area contributed by atoms with Crippen molar-refractivity contribution >= 4 is 11.4 Å². The molecule has 2 heterocycles. The number of benzene rings is 2. The Kier molecular flexibility index (Phi) is 27.8. The zero-order valence-corrected chi connectivity index (χ0v) is 24.2. The van der Waals surface area contributed by atoms with E-state index in [1.54, 1.807) is 0 Å². The van der Waals surface area contributed by atoms with Gasteiger partial charge in [-0.2, -0.15) is 0 Å². The van der Waals surface area contributed by atoms with Crippen LogP contribution in [-0.4, -0.2) is 39.5 Å². The minimum absolute atomic E-state index is 0. The van der Waals surface area contributed by atoms with Gasteiger partial charge in [-0.15, -0.1) is 24.5 Å². The maximum Gasteiger partial charge on any atom is 4.00 e. The molecule has 0 saturated carbocycles. The third kappa shape index (κ3) is 18.8. The van der Waals surface area contributed by atoms with E-state index in [4.69, 9.17) is 9.47 Å². The number of para-hydroxylation sites is 2. The van der Waals surface area contributed by atoms with Crippen LogP contribution in [0.25, 0.3) is 10.6 Å². The van der Waals surface area contributed by atoms with E-state index >= 15 is 0 Å². The van der Waals surface area contributed by atoms with Crippen molar-refractivity contribution in [2.45, 2.75) is 53.4 Å². The van der Waals surface area contributed by atoms with Gasteiger partial charge in [-0.25, -0.2) is 0 Å². The van der Waals surface area contributed by atoms with Crippen LogP contribution in [0.5, 0.6) is 0 Å². The minimum Gasteiger partial charge on any atom is -1.00 e. The molecule has 0 N–H and O–H groups in total. The molecule has 4 rings (SSSR count). The van der Waals surface area contributed by atoms with Crippen LogP contribution in [0.4, 0.5) is 11.4 Å². The SMILES string of the molecule is C1CCOC1.C1CCOC1.CC[N-]c1ccccc1C.CC[N-]c1ccccc1C.[F-].[F-].[Hf+4]. The van der Waals surface area contributed by atoms with Gasteiger partial charge in [0.05, 0.1) is 0 Å². The average molecular weight is 629 g/mol. The summed E-state index contributed by atoms with van der Waals surface area (Å²) in [6.45, 7) is 14.0. The van der Waals surface area contributed by atoms with E-state index < -0.39 is 0 Å². The van der Waals surface area contributed by atoms with Gasteiger partial charge in [0, 0.05) is 26.4 Å². The summed E-state index contributed by atoms with van der Waals surface area (Å²) in [5.74, 6) is 0. The zero-order chi connectivity index (χ0) is 21.9. The van der Waals surface area contributed by atoms with Crippen molar-refractivity contribution in [1.29, 1.82) is 0 Å². The van der Waals surface area contributed by atoms with E-state index in [0.29, 0.717) is 0 Å². The Labute approximate surface area is 218 Å². The number of aryl methyl sites for hydroxylation is 2. The average Bonchev–Trinajstić information content (AvgIpc) is 3.52. The molecule has 2 fully saturated rings. The van der Waals surface area contributed by atoms with Crippen molar-refractivity contribution in [2.75, 3.05) is 39.5 Å². The second-order valence-electron chi connectivity index (χ2n) is 7.16. The van der Waals surface area contributed by atoms with Crippen LogP contribution in [-0.2, 0) is 35.3 Å². The maximum absolute atomic E-state index is 4.94. The molecular formula is C26H40F2HfN2O2.